The second kappa shape index (κ2) is 9.26. The van der Waals surface area contributed by atoms with E-state index in [2.05, 4.69) is 44.1 Å². The minimum absolute atomic E-state index is 0.0183. The Morgan fingerprint density at radius 1 is 0.971 bits per heavy atom. The molecule has 178 valence electrons. The number of benzene rings is 2. The first kappa shape index (κ1) is 22.0. The van der Waals surface area contributed by atoms with Crippen LogP contribution in [0.1, 0.15) is 22.0 Å². The number of halogens is 1. The summed E-state index contributed by atoms with van der Waals surface area (Å²) in [6.07, 6.45) is 1.56. The second-order valence-corrected chi connectivity index (χ2v) is 9.63. The Bertz CT molecular complexity index is 1430. The zero-order valence-corrected chi connectivity index (χ0v) is 19.7. The Morgan fingerprint density at radius 2 is 1.74 bits per heavy atom. The quantitative estimate of drug-likeness (QED) is 0.369. The molecule has 3 aromatic heterocycles. The molecule has 0 saturated carbocycles. The summed E-state index contributed by atoms with van der Waals surface area (Å²) in [5.41, 5.74) is 1.82. The van der Waals surface area contributed by atoms with Gasteiger partial charge in [-0.3, -0.25) is 9.80 Å². The lowest BCUT2D eigenvalue weighted by atomic mass is 10.0. The third-order valence-corrected chi connectivity index (χ3v) is 7.48. The maximum absolute atomic E-state index is 15.0. The van der Waals surface area contributed by atoms with Crippen molar-refractivity contribution in [2.75, 3.05) is 26.2 Å². The molecule has 1 atom stereocenters. The fraction of sp³-hybridized carbons (Fsp3) is 0.231. The van der Waals surface area contributed by atoms with Crippen LogP contribution < -0.4 is 0 Å². The standard InChI is InChI=1S/C26H24FN5O2S/c27-20-10-5-4-9-19(20)22(31-14-12-30(13-15-31)17-18-7-2-1-3-8-18)23-25(33)32-26(35-23)28-24(29-32)21-11-6-16-34-21/h1-11,16,22,33H,12-15,17H2/t22-/m1/s1. The van der Waals surface area contributed by atoms with Crippen LogP contribution in [0.5, 0.6) is 5.88 Å². The largest absolute Gasteiger partial charge is 0.492 e. The molecule has 1 aliphatic rings. The highest BCUT2D eigenvalue weighted by Gasteiger charge is 2.33. The van der Waals surface area contributed by atoms with Gasteiger partial charge in [0.25, 0.3) is 0 Å². The number of furan rings is 1. The Kier molecular flexibility index (Phi) is 5.81. The molecular formula is C26H24FN5O2S. The van der Waals surface area contributed by atoms with Gasteiger partial charge < -0.3 is 9.52 Å². The molecule has 2 aromatic carbocycles. The van der Waals surface area contributed by atoms with Crippen LogP contribution in [0, 0.1) is 5.82 Å². The molecule has 7 nitrogen and oxygen atoms in total. The molecule has 0 spiro atoms. The average Bonchev–Trinajstić information content (AvgIpc) is 3.61. The third kappa shape index (κ3) is 4.22. The molecule has 0 bridgehead atoms. The number of rotatable bonds is 6. The number of nitrogens with zero attached hydrogens (tertiary/aromatic N) is 5. The van der Waals surface area contributed by atoms with E-state index in [9.17, 15) is 5.11 Å². The van der Waals surface area contributed by atoms with Crippen LogP contribution in [0.4, 0.5) is 4.39 Å². The van der Waals surface area contributed by atoms with Gasteiger partial charge in [0.1, 0.15) is 5.82 Å². The normalized spacial score (nSPS) is 16.1. The zero-order chi connectivity index (χ0) is 23.8. The van der Waals surface area contributed by atoms with Crippen LogP contribution in [-0.2, 0) is 6.54 Å². The van der Waals surface area contributed by atoms with Crippen LogP contribution in [0.25, 0.3) is 16.5 Å². The second-order valence-electron chi connectivity index (χ2n) is 8.62. The molecule has 0 aliphatic carbocycles. The summed E-state index contributed by atoms with van der Waals surface area (Å²) in [7, 11) is 0. The molecule has 6 rings (SSSR count). The average molecular weight is 490 g/mol. The predicted molar refractivity (Wildman–Crippen MR) is 132 cm³/mol. The summed E-state index contributed by atoms with van der Waals surface area (Å²) in [6.45, 7) is 4.08. The van der Waals surface area contributed by atoms with Gasteiger partial charge >= 0.3 is 0 Å². The van der Waals surface area contributed by atoms with Gasteiger partial charge in [0, 0.05) is 38.3 Å². The molecule has 4 heterocycles. The van der Waals surface area contributed by atoms with E-state index in [-0.39, 0.29) is 11.7 Å². The van der Waals surface area contributed by atoms with Crippen molar-refractivity contribution < 1.29 is 13.9 Å². The van der Waals surface area contributed by atoms with E-state index in [4.69, 9.17) is 4.42 Å². The molecule has 1 fully saturated rings. The maximum Gasteiger partial charge on any atom is 0.230 e. The van der Waals surface area contributed by atoms with E-state index in [1.165, 1.54) is 27.5 Å². The van der Waals surface area contributed by atoms with Crippen molar-refractivity contribution in [3.8, 4) is 17.5 Å². The van der Waals surface area contributed by atoms with E-state index in [0.717, 1.165) is 32.7 Å². The first-order valence-electron chi connectivity index (χ1n) is 11.5. The van der Waals surface area contributed by atoms with Crippen molar-refractivity contribution in [1.82, 2.24) is 24.4 Å². The number of fused-ring (bicyclic) bond motifs is 1. The van der Waals surface area contributed by atoms with Crippen LogP contribution in [0.2, 0.25) is 0 Å². The fourth-order valence-corrected chi connectivity index (χ4v) is 5.77. The Morgan fingerprint density at radius 3 is 2.46 bits per heavy atom. The molecule has 1 N–H and O–H groups in total. The lowest BCUT2D eigenvalue weighted by Gasteiger charge is -2.39. The van der Waals surface area contributed by atoms with Gasteiger partial charge in [0.15, 0.2) is 5.76 Å². The Labute approximate surface area is 205 Å². The van der Waals surface area contributed by atoms with Crippen molar-refractivity contribution in [3.05, 3.63) is 94.8 Å². The van der Waals surface area contributed by atoms with Crippen molar-refractivity contribution in [3.63, 3.8) is 0 Å². The van der Waals surface area contributed by atoms with Crippen LogP contribution >= 0.6 is 11.3 Å². The minimum Gasteiger partial charge on any atom is -0.492 e. The molecule has 9 heteroatoms. The summed E-state index contributed by atoms with van der Waals surface area (Å²) in [5, 5.41) is 15.6. The number of aromatic hydroxyl groups is 1. The fourth-order valence-electron chi connectivity index (χ4n) is 4.66. The highest BCUT2D eigenvalue weighted by molar-refractivity contribution is 7.17. The maximum atomic E-state index is 15.0. The first-order chi connectivity index (χ1) is 17.2. The van der Waals surface area contributed by atoms with E-state index < -0.39 is 6.04 Å². The number of hydrogen-bond acceptors (Lipinski definition) is 7. The monoisotopic (exact) mass is 489 g/mol. The third-order valence-electron chi connectivity index (χ3n) is 6.41. The smallest absolute Gasteiger partial charge is 0.230 e. The van der Waals surface area contributed by atoms with Gasteiger partial charge in [-0.25, -0.2) is 4.39 Å². The number of aromatic nitrogens is 3. The first-order valence-corrected chi connectivity index (χ1v) is 12.4. The predicted octanol–water partition coefficient (Wildman–Crippen LogP) is 4.80. The van der Waals surface area contributed by atoms with Gasteiger partial charge in [0.05, 0.1) is 17.2 Å². The van der Waals surface area contributed by atoms with Crippen molar-refractivity contribution in [1.29, 1.82) is 0 Å². The van der Waals surface area contributed by atoms with E-state index in [0.29, 0.717) is 27.0 Å². The molecule has 1 aliphatic heterocycles. The zero-order valence-electron chi connectivity index (χ0n) is 18.9. The van der Waals surface area contributed by atoms with Gasteiger partial charge in [-0.2, -0.15) is 9.50 Å². The molecule has 1 saturated heterocycles. The summed E-state index contributed by atoms with van der Waals surface area (Å²) in [6, 6.07) is 20.3. The lowest BCUT2D eigenvalue weighted by molar-refractivity contribution is 0.103. The number of hydrogen-bond donors (Lipinski definition) is 1. The molecule has 35 heavy (non-hydrogen) atoms. The van der Waals surface area contributed by atoms with Crippen LogP contribution in [-0.4, -0.2) is 55.7 Å². The van der Waals surface area contributed by atoms with Gasteiger partial charge in [0.2, 0.25) is 16.7 Å². The summed E-state index contributed by atoms with van der Waals surface area (Å²) < 4.78 is 21.8. The van der Waals surface area contributed by atoms with E-state index in [1.807, 2.05) is 12.1 Å². The lowest BCUT2D eigenvalue weighted by Crippen LogP contribution is -2.47. The summed E-state index contributed by atoms with van der Waals surface area (Å²) in [5.74, 6) is 0.622. The Hall–Kier alpha value is -3.53. The summed E-state index contributed by atoms with van der Waals surface area (Å²) in [4.78, 5) is 10.3. The number of piperazine rings is 1. The topological polar surface area (TPSA) is 70.0 Å². The van der Waals surface area contributed by atoms with Crippen molar-refractivity contribution in [2.45, 2.75) is 12.6 Å². The molecular weight excluding hydrogens is 465 g/mol. The van der Waals surface area contributed by atoms with Gasteiger partial charge in [-0.1, -0.05) is 59.9 Å². The molecule has 0 unspecified atom stereocenters. The minimum atomic E-state index is -0.435. The highest BCUT2D eigenvalue weighted by atomic mass is 32.1. The van der Waals surface area contributed by atoms with E-state index >= 15 is 4.39 Å². The molecule has 0 radical (unpaired) electrons. The van der Waals surface area contributed by atoms with Crippen molar-refractivity contribution >= 4 is 16.3 Å². The Balaban J connectivity index is 1.31. The molecule has 0 amide bonds. The van der Waals surface area contributed by atoms with Crippen molar-refractivity contribution in [2.24, 2.45) is 0 Å². The van der Waals surface area contributed by atoms with Crippen LogP contribution in [0.3, 0.4) is 0 Å². The summed E-state index contributed by atoms with van der Waals surface area (Å²) >= 11 is 1.33. The SMILES string of the molecule is Oc1c([C@@H](c2ccccc2F)N2CCN(Cc3ccccc3)CC2)sc2nc(-c3ccco3)nn12. The van der Waals surface area contributed by atoms with Gasteiger partial charge in [-0.05, 0) is 23.8 Å². The highest BCUT2D eigenvalue weighted by Crippen LogP contribution is 2.41. The molecule has 5 aromatic rings. The van der Waals surface area contributed by atoms with Crippen LogP contribution in [0.15, 0.2) is 77.4 Å². The van der Waals surface area contributed by atoms with Gasteiger partial charge in [-0.15, -0.1) is 5.10 Å². The van der Waals surface area contributed by atoms with E-state index in [1.54, 1.807) is 30.5 Å². The number of thiazole rings is 1.